The number of hydrogen-bond acceptors (Lipinski definition) is 1. The van der Waals surface area contributed by atoms with E-state index in [1.54, 1.807) is 12.1 Å². The van der Waals surface area contributed by atoms with Crippen molar-refractivity contribution in [2.75, 3.05) is 0 Å². The Hall–Kier alpha value is -1.09. The lowest BCUT2D eigenvalue weighted by Gasteiger charge is -2.07. The Morgan fingerprint density at radius 3 is 2.26 bits per heavy atom. The van der Waals surface area contributed by atoms with Crippen LogP contribution in [-0.2, 0) is 6.42 Å². The summed E-state index contributed by atoms with van der Waals surface area (Å²) in [5, 5.41) is 0.745. The summed E-state index contributed by atoms with van der Waals surface area (Å²) in [6.07, 6.45) is 0.0266. The van der Waals surface area contributed by atoms with Gasteiger partial charge in [-0.2, -0.15) is 0 Å². The maximum atomic E-state index is 13.1. The van der Waals surface area contributed by atoms with E-state index in [2.05, 4.69) is 0 Å². The average molecular weight is 318 g/mol. The Balaban J connectivity index is 2.31. The summed E-state index contributed by atoms with van der Waals surface area (Å²) in [5.41, 5.74) is 0.768. The van der Waals surface area contributed by atoms with Crippen LogP contribution in [0.25, 0.3) is 0 Å². The second kappa shape index (κ2) is 5.91. The van der Waals surface area contributed by atoms with Crippen molar-refractivity contribution in [3.05, 3.63) is 68.4 Å². The molecule has 1 nitrogen and oxygen atoms in total. The molecule has 0 aromatic heterocycles. The zero-order chi connectivity index (χ0) is 14.0. The second-order valence-electron chi connectivity index (χ2n) is 3.97. The van der Waals surface area contributed by atoms with Crippen molar-refractivity contribution >= 4 is 40.6 Å². The molecule has 0 saturated carbocycles. The fourth-order valence-corrected chi connectivity index (χ4v) is 2.76. The lowest BCUT2D eigenvalue weighted by Crippen LogP contribution is -2.05. The van der Waals surface area contributed by atoms with Gasteiger partial charge in [-0.15, -0.1) is 0 Å². The van der Waals surface area contributed by atoms with E-state index in [1.165, 1.54) is 24.3 Å². The molecule has 0 spiro atoms. The largest absolute Gasteiger partial charge is 0.294 e. The van der Waals surface area contributed by atoms with Gasteiger partial charge in [0.2, 0.25) is 0 Å². The van der Waals surface area contributed by atoms with Crippen molar-refractivity contribution in [3.63, 3.8) is 0 Å². The first kappa shape index (κ1) is 14.3. The van der Waals surface area contributed by atoms with Crippen LogP contribution in [0, 0.1) is 5.82 Å². The Morgan fingerprint density at radius 2 is 1.68 bits per heavy atom. The van der Waals surface area contributed by atoms with E-state index in [4.69, 9.17) is 34.8 Å². The van der Waals surface area contributed by atoms with Crippen molar-refractivity contribution in [2.24, 2.45) is 0 Å². The van der Waals surface area contributed by atoms with E-state index >= 15 is 0 Å². The molecule has 2 rings (SSSR count). The molecule has 0 unspecified atom stereocenters. The van der Waals surface area contributed by atoms with Crippen molar-refractivity contribution < 1.29 is 9.18 Å². The van der Waals surface area contributed by atoms with Crippen LogP contribution in [0.4, 0.5) is 4.39 Å². The first-order valence-electron chi connectivity index (χ1n) is 5.39. The fourth-order valence-electron chi connectivity index (χ4n) is 1.73. The van der Waals surface area contributed by atoms with Crippen molar-refractivity contribution in [2.45, 2.75) is 6.42 Å². The second-order valence-corrected chi connectivity index (χ2v) is 5.23. The van der Waals surface area contributed by atoms with E-state index in [1.807, 2.05) is 0 Å². The van der Waals surface area contributed by atoms with Gasteiger partial charge in [-0.1, -0.05) is 46.9 Å². The summed E-state index contributed by atoms with van der Waals surface area (Å²) in [5.74, 6) is -0.670. The highest BCUT2D eigenvalue weighted by Crippen LogP contribution is 2.30. The van der Waals surface area contributed by atoms with Crippen molar-refractivity contribution in [1.29, 1.82) is 0 Å². The summed E-state index contributed by atoms with van der Waals surface area (Å²) in [7, 11) is 0. The van der Waals surface area contributed by atoms with E-state index in [0.717, 1.165) is 0 Å². The van der Waals surface area contributed by atoms with Gasteiger partial charge in [0.15, 0.2) is 5.78 Å². The number of Topliss-reactive ketones (excluding diaryl/α,β-unsaturated/α-hetero) is 1. The monoisotopic (exact) mass is 316 g/mol. The van der Waals surface area contributed by atoms with Gasteiger partial charge in [-0.25, -0.2) is 4.39 Å². The third kappa shape index (κ3) is 3.47. The van der Waals surface area contributed by atoms with Gasteiger partial charge in [0.05, 0.1) is 15.6 Å². The lowest BCUT2D eigenvalue weighted by atomic mass is 10.0. The molecular formula is C14H8Cl3FO. The molecule has 98 valence electrons. The minimum absolute atomic E-state index is 0.0266. The minimum atomic E-state index is -0.390. The molecule has 0 N–H and O–H groups in total. The van der Waals surface area contributed by atoms with Gasteiger partial charge in [0, 0.05) is 11.4 Å². The van der Waals surface area contributed by atoms with Crippen LogP contribution in [0.15, 0.2) is 36.4 Å². The zero-order valence-electron chi connectivity index (χ0n) is 9.59. The van der Waals surface area contributed by atoms with Crippen LogP contribution >= 0.6 is 34.8 Å². The molecule has 19 heavy (non-hydrogen) atoms. The Bertz CT molecular complexity index is 617. The molecular weight excluding hydrogens is 310 g/mol. The first-order chi connectivity index (χ1) is 8.97. The van der Waals surface area contributed by atoms with Gasteiger partial charge in [-0.05, 0) is 29.8 Å². The predicted octanol–water partition coefficient (Wildman–Crippen LogP) is 5.21. The molecule has 0 bridgehead atoms. The molecule has 0 aliphatic rings. The standard InChI is InChI=1S/C14H8Cl3FO/c15-9-6-11(16)14(12(17)7-9)13(19)5-8-2-1-3-10(18)4-8/h1-4,6-7H,5H2. The smallest absolute Gasteiger partial charge is 0.170 e. The lowest BCUT2D eigenvalue weighted by molar-refractivity contribution is 0.0993. The third-order valence-corrected chi connectivity index (χ3v) is 3.35. The molecule has 2 aromatic carbocycles. The molecule has 0 amide bonds. The van der Waals surface area contributed by atoms with Crippen LogP contribution in [0.5, 0.6) is 0 Å². The molecule has 0 atom stereocenters. The quantitative estimate of drug-likeness (QED) is 0.710. The van der Waals surface area contributed by atoms with Gasteiger partial charge < -0.3 is 0 Å². The Labute approximate surface area is 124 Å². The summed E-state index contributed by atoms with van der Waals surface area (Å²) in [6, 6.07) is 8.73. The number of benzene rings is 2. The maximum absolute atomic E-state index is 13.1. The topological polar surface area (TPSA) is 17.1 Å². The average Bonchev–Trinajstić information content (AvgIpc) is 2.27. The highest BCUT2D eigenvalue weighted by Gasteiger charge is 2.16. The van der Waals surface area contributed by atoms with Crippen molar-refractivity contribution in [1.82, 2.24) is 0 Å². The van der Waals surface area contributed by atoms with E-state index in [0.29, 0.717) is 10.6 Å². The van der Waals surface area contributed by atoms with E-state index < -0.39 is 5.82 Å². The SMILES string of the molecule is O=C(Cc1cccc(F)c1)c1c(Cl)cc(Cl)cc1Cl. The van der Waals surface area contributed by atoms with Gasteiger partial charge >= 0.3 is 0 Å². The first-order valence-corrected chi connectivity index (χ1v) is 6.53. The third-order valence-electron chi connectivity index (χ3n) is 2.54. The molecule has 0 radical (unpaired) electrons. The Morgan fingerprint density at radius 1 is 1.05 bits per heavy atom. The van der Waals surface area contributed by atoms with Gasteiger partial charge in [0.1, 0.15) is 5.82 Å². The number of halogens is 4. The minimum Gasteiger partial charge on any atom is -0.294 e. The number of ketones is 1. The van der Waals surface area contributed by atoms with Gasteiger partial charge in [-0.3, -0.25) is 4.79 Å². The molecule has 0 aliphatic carbocycles. The zero-order valence-corrected chi connectivity index (χ0v) is 11.9. The van der Waals surface area contributed by atoms with Crippen molar-refractivity contribution in [3.8, 4) is 0 Å². The molecule has 0 heterocycles. The van der Waals surface area contributed by atoms with Crippen LogP contribution in [0.2, 0.25) is 15.1 Å². The molecule has 0 aliphatic heterocycles. The van der Waals surface area contributed by atoms with E-state index in [-0.39, 0.29) is 27.8 Å². The van der Waals surface area contributed by atoms with Gasteiger partial charge in [0.25, 0.3) is 0 Å². The van der Waals surface area contributed by atoms with Crippen LogP contribution in [0.3, 0.4) is 0 Å². The van der Waals surface area contributed by atoms with Crippen LogP contribution in [-0.4, -0.2) is 5.78 Å². The van der Waals surface area contributed by atoms with Crippen LogP contribution in [0.1, 0.15) is 15.9 Å². The highest BCUT2D eigenvalue weighted by molar-refractivity contribution is 6.42. The number of carbonyl (C=O) groups is 1. The number of hydrogen-bond donors (Lipinski definition) is 0. The Kier molecular flexibility index (Phi) is 4.46. The summed E-state index contributed by atoms with van der Waals surface area (Å²) in [6.45, 7) is 0. The number of rotatable bonds is 3. The molecule has 0 fully saturated rings. The molecule has 5 heteroatoms. The summed E-state index contributed by atoms with van der Waals surface area (Å²) < 4.78 is 13.1. The van der Waals surface area contributed by atoms with E-state index in [9.17, 15) is 9.18 Å². The summed E-state index contributed by atoms with van der Waals surface area (Å²) >= 11 is 17.7. The predicted molar refractivity (Wildman–Crippen MR) is 75.9 cm³/mol. The highest BCUT2D eigenvalue weighted by atomic mass is 35.5. The van der Waals surface area contributed by atoms with Crippen LogP contribution < -0.4 is 0 Å². The normalized spacial score (nSPS) is 10.5. The fraction of sp³-hybridized carbons (Fsp3) is 0.0714. The molecule has 2 aromatic rings. The summed E-state index contributed by atoms with van der Waals surface area (Å²) in [4.78, 5) is 12.1. The maximum Gasteiger partial charge on any atom is 0.170 e. The number of carbonyl (C=O) groups excluding carboxylic acids is 1. The molecule has 0 saturated heterocycles.